The van der Waals surface area contributed by atoms with Gasteiger partial charge in [-0.05, 0) is 13.0 Å². The van der Waals surface area contributed by atoms with Crippen molar-refractivity contribution in [2.45, 2.75) is 6.92 Å². The third-order valence-corrected chi connectivity index (χ3v) is 2.27. The highest BCUT2D eigenvalue weighted by Crippen LogP contribution is 2.30. The molecule has 0 fully saturated rings. The van der Waals surface area contributed by atoms with Crippen molar-refractivity contribution in [1.29, 1.82) is 0 Å². The fraction of sp³-hybridized carbons (Fsp3) is 0.400. The van der Waals surface area contributed by atoms with Crippen LogP contribution in [0.2, 0.25) is 0 Å². The molecule has 0 heterocycles. The van der Waals surface area contributed by atoms with Gasteiger partial charge in [0, 0.05) is 25.7 Å². The maximum atomic E-state index is 10.9. The Labute approximate surface area is 88.6 Å². The van der Waals surface area contributed by atoms with Crippen molar-refractivity contribution in [2.75, 3.05) is 25.0 Å². The Morgan fingerprint density at radius 2 is 2.20 bits per heavy atom. The smallest absolute Gasteiger partial charge is 0.295 e. The number of nitro groups is 1. The second-order valence-electron chi connectivity index (χ2n) is 3.41. The van der Waals surface area contributed by atoms with E-state index in [1.54, 1.807) is 31.0 Å². The van der Waals surface area contributed by atoms with E-state index >= 15 is 0 Å². The molecule has 0 aliphatic carbocycles. The largest absolute Gasteiger partial charge is 0.368 e. The van der Waals surface area contributed by atoms with E-state index < -0.39 is 0 Å². The molecular weight excluding hydrogens is 194 g/mol. The minimum absolute atomic E-state index is 0.161. The topological polar surface area (TPSA) is 72.4 Å². The Bertz CT molecular complexity index is 366. The van der Waals surface area contributed by atoms with Gasteiger partial charge < -0.3 is 10.6 Å². The van der Waals surface area contributed by atoms with Crippen LogP contribution in [0.3, 0.4) is 0 Å². The van der Waals surface area contributed by atoms with Crippen LogP contribution in [-0.4, -0.2) is 25.1 Å². The summed E-state index contributed by atoms with van der Waals surface area (Å²) in [6.07, 6.45) is 0. The summed E-state index contributed by atoms with van der Waals surface area (Å²) in [6, 6.07) is 5.28. The molecule has 5 nitrogen and oxygen atoms in total. The number of nitrogens with two attached hydrogens (primary N) is 1. The quantitative estimate of drug-likeness (QED) is 0.599. The van der Waals surface area contributed by atoms with Crippen LogP contribution in [0, 0.1) is 17.0 Å². The molecule has 82 valence electrons. The van der Waals surface area contributed by atoms with Crippen LogP contribution in [0.1, 0.15) is 5.56 Å². The molecule has 0 atom stereocenters. The molecule has 0 spiro atoms. The van der Waals surface area contributed by atoms with E-state index in [0.29, 0.717) is 24.3 Å². The van der Waals surface area contributed by atoms with Crippen LogP contribution in [0.15, 0.2) is 18.2 Å². The molecule has 0 radical (unpaired) electrons. The maximum absolute atomic E-state index is 10.9. The Hall–Kier alpha value is -1.62. The minimum atomic E-state index is -0.350. The molecule has 0 aliphatic rings. The van der Waals surface area contributed by atoms with Crippen molar-refractivity contribution in [3.05, 3.63) is 33.9 Å². The molecule has 15 heavy (non-hydrogen) atoms. The standard InChI is InChI=1S/C10H15N3O2/c1-8-4-3-5-9(10(8)13(14)15)12(2)7-6-11/h3-5H,6-7,11H2,1-2H3. The highest BCUT2D eigenvalue weighted by atomic mass is 16.6. The second-order valence-corrected chi connectivity index (χ2v) is 3.41. The summed E-state index contributed by atoms with van der Waals surface area (Å²) in [6.45, 7) is 2.81. The first kappa shape index (κ1) is 11.5. The van der Waals surface area contributed by atoms with Gasteiger partial charge in [-0.1, -0.05) is 12.1 Å². The lowest BCUT2D eigenvalue weighted by atomic mass is 10.1. The number of rotatable bonds is 4. The molecule has 1 aromatic carbocycles. The zero-order valence-electron chi connectivity index (χ0n) is 8.93. The monoisotopic (exact) mass is 209 g/mol. The number of hydrogen-bond acceptors (Lipinski definition) is 4. The van der Waals surface area contributed by atoms with Gasteiger partial charge in [-0.2, -0.15) is 0 Å². The second kappa shape index (κ2) is 4.75. The maximum Gasteiger partial charge on any atom is 0.295 e. The third kappa shape index (κ3) is 2.44. The van der Waals surface area contributed by atoms with E-state index in [1.807, 2.05) is 6.07 Å². The summed E-state index contributed by atoms with van der Waals surface area (Å²) >= 11 is 0. The first-order valence-electron chi connectivity index (χ1n) is 4.73. The van der Waals surface area contributed by atoms with Crippen LogP contribution in [0.4, 0.5) is 11.4 Å². The molecule has 0 saturated carbocycles. The molecule has 0 aliphatic heterocycles. The fourth-order valence-electron chi connectivity index (χ4n) is 1.50. The van der Waals surface area contributed by atoms with Gasteiger partial charge >= 0.3 is 0 Å². The molecule has 0 amide bonds. The van der Waals surface area contributed by atoms with E-state index in [0.717, 1.165) is 0 Å². The van der Waals surface area contributed by atoms with Gasteiger partial charge in [0.15, 0.2) is 0 Å². The van der Waals surface area contributed by atoms with Crippen molar-refractivity contribution in [3.63, 3.8) is 0 Å². The van der Waals surface area contributed by atoms with E-state index in [-0.39, 0.29) is 10.6 Å². The summed E-state index contributed by atoms with van der Waals surface area (Å²) in [5.41, 5.74) is 6.86. The van der Waals surface area contributed by atoms with Crippen molar-refractivity contribution < 1.29 is 4.92 Å². The predicted octanol–water partition coefficient (Wildman–Crippen LogP) is 1.30. The molecule has 5 heteroatoms. The van der Waals surface area contributed by atoms with Crippen LogP contribution >= 0.6 is 0 Å². The zero-order valence-corrected chi connectivity index (χ0v) is 8.93. The number of aryl methyl sites for hydroxylation is 1. The Morgan fingerprint density at radius 1 is 1.53 bits per heavy atom. The summed E-state index contributed by atoms with van der Waals surface area (Å²) in [7, 11) is 1.80. The zero-order chi connectivity index (χ0) is 11.4. The molecule has 0 unspecified atom stereocenters. The SMILES string of the molecule is Cc1cccc(N(C)CCN)c1[N+](=O)[O-]. The van der Waals surface area contributed by atoms with E-state index in [2.05, 4.69) is 0 Å². The number of nitrogens with zero attached hydrogens (tertiary/aromatic N) is 2. The molecule has 0 aromatic heterocycles. The van der Waals surface area contributed by atoms with Crippen LogP contribution in [0.5, 0.6) is 0 Å². The lowest BCUT2D eigenvalue weighted by Gasteiger charge is -2.18. The first-order chi connectivity index (χ1) is 7.07. The minimum Gasteiger partial charge on any atom is -0.368 e. The predicted molar refractivity (Wildman–Crippen MR) is 60.2 cm³/mol. The molecule has 1 aromatic rings. The first-order valence-corrected chi connectivity index (χ1v) is 4.73. The van der Waals surface area contributed by atoms with Gasteiger partial charge in [-0.25, -0.2) is 0 Å². The Morgan fingerprint density at radius 3 is 2.73 bits per heavy atom. The molecular formula is C10H15N3O2. The van der Waals surface area contributed by atoms with Crippen LogP contribution in [-0.2, 0) is 0 Å². The highest BCUT2D eigenvalue weighted by molar-refractivity contribution is 5.66. The number of para-hydroxylation sites is 1. The third-order valence-electron chi connectivity index (χ3n) is 2.27. The number of benzene rings is 1. The summed E-state index contributed by atoms with van der Waals surface area (Å²) in [5.74, 6) is 0. The highest BCUT2D eigenvalue weighted by Gasteiger charge is 2.18. The van der Waals surface area contributed by atoms with E-state index in [4.69, 9.17) is 5.73 Å². The van der Waals surface area contributed by atoms with Crippen molar-refractivity contribution in [3.8, 4) is 0 Å². The van der Waals surface area contributed by atoms with Crippen molar-refractivity contribution in [2.24, 2.45) is 5.73 Å². The normalized spacial score (nSPS) is 10.1. The van der Waals surface area contributed by atoms with Gasteiger partial charge in [0.25, 0.3) is 5.69 Å². The van der Waals surface area contributed by atoms with Gasteiger partial charge in [0.05, 0.1) is 4.92 Å². The Balaban J connectivity index is 3.16. The van der Waals surface area contributed by atoms with Gasteiger partial charge in [-0.15, -0.1) is 0 Å². The van der Waals surface area contributed by atoms with Crippen LogP contribution in [0.25, 0.3) is 0 Å². The average molecular weight is 209 g/mol. The fourth-order valence-corrected chi connectivity index (χ4v) is 1.50. The lowest BCUT2D eigenvalue weighted by molar-refractivity contribution is -0.384. The average Bonchev–Trinajstić information content (AvgIpc) is 2.17. The molecule has 0 bridgehead atoms. The molecule has 0 saturated heterocycles. The Kier molecular flexibility index (Phi) is 3.62. The van der Waals surface area contributed by atoms with Crippen molar-refractivity contribution >= 4 is 11.4 Å². The summed E-state index contributed by atoms with van der Waals surface area (Å²) in [4.78, 5) is 12.3. The summed E-state index contributed by atoms with van der Waals surface area (Å²) in [5, 5.41) is 10.9. The van der Waals surface area contributed by atoms with Crippen LogP contribution < -0.4 is 10.6 Å². The summed E-state index contributed by atoms with van der Waals surface area (Å²) < 4.78 is 0. The number of nitro benzene ring substituents is 1. The lowest BCUT2D eigenvalue weighted by Crippen LogP contribution is -2.25. The van der Waals surface area contributed by atoms with Gasteiger partial charge in [0.1, 0.15) is 5.69 Å². The van der Waals surface area contributed by atoms with E-state index in [9.17, 15) is 10.1 Å². The number of anilines is 1. The molecule has 1 rings (SSSR count). The van der Waals surface area contributed by atoms with Crippen molar-refractivity contribution in [1.82, 2.24) is 0 Å². The molecule has 2 N–H and O–H groups in total. The number of likely N-dealkylation sites (N-methyl/N-ethyl adjacent to an activating group) is 1. The van der Waals surface area contributed by atoms with Gasteiger partial charge in [-0.3, -0.25) is 10.1 Å². The van der Waals surface area contributed by atoms with Gasteiger partial charge in [0.2, 0.25) is 0 Å². The number of hydrogen-bond donors (Lipinski definition) is 1. The van der Waals surface area contributed by atoms with E-state index in [1.165, 1.54) is 0 Å².